The lowest BCUT2D eigenvalue weighted by Crippen LogP contribution is -2.56. The minimum absolute atomic E-state index is 0.0729. The summed E-state index contributed by atoms with van der Waals surface area (Å²) in [6.07, 6.45) is 9.56. The van der Waals surface area contributed by atoms with Crippen LogP contribution in [0.5, 0.6) is 5.75 Å². The van der Waals surface area contributed by atoms with Crippen molar-refractivity contribution in [3.8, 4) is 5.75 Å². The topological polar surface area (TPSA) is 58.6 Å². The smallest absolute Gasteiger partial charge is 0.226 e. The van der Waals surface area contributed by atoms with Gasteiger partial charge in [-0.15, -0.1) is 0 Å². The third kappa shape index (κ3) is 4.08. The third-order valence-electron chi connectivity index (χ3n) is 8.03. The Balaban J connectivity index is 1.06. The van der Waals surface area contributed by atoms with Crippen LogP contribution in [0.4, 0.5) is 0 Å². The number of benzene rings is 1. The van der Waals surface area contributed by atoms with Crippen molar-refractivity contribution >= 4 is 11.8 Å². The van der Waals surface area contributed by atoms with E-state index in [0.29, 0.717) is 18.9 Å². The Morgan fingerprint density at radius 1 is 0.967 bits per heavy atom. The van der Waals surface area contributed by atoms with Gasteiger partial charge >= 0.3 is 0 Å². The molecule has 5 fully saturated rings. The van der Waals surface area contributed by atoms with E-state index in [9.17, 15) is 9.59 Å². The number of ether oxygens (including phenoxy) is 1. The van der Waals surface area contributed by atoms with Crippen molar-refractivity contribution in [2.75, 3.05) is 19.7 Å². The Bertz CT molecular complexity index is 735. The molecule has 30 heavy (non-hydrogen) atoms. The van der Waals surface area contributed by atoms with Gasteiger partial charge in [0.15, 0.2) is 0 Å². The summed E-state index contributed by atoms with van der Waals surface area (Å²) in [5.41, 5.74) is -0.0729. The summed E-state index contributed by atoms with van der Waals surface area (Å²) in [4.78, 5) is 27.7. The van der Waals surface area contributed by atoms with E-state index >= 15 is 0 Å². The first-order chi connectivity index (χ1) is 14.6. The van der Waals surface area contributed by atoms with Crippen molar-refractivity contribution < 1.29 is 14.3 Å². The Morgan fingerprint density at radius 2 is 1.57 bits per heavy atom. The molecule has 6 rings (SSSR count). The van der Waals surface area contributed by atoms with Gasteiger partial charge in [-0.25, -0.2) is 0 Å². The van der Waals surface area contributed by atoms with Crippen LogP contribution < -0.4 is 10.1 Å². The number of amides is 2. The second kappa shape index (κ2) is 8.24. The van der Waals surface area contributed by atoms with Crippen LogP contribution in [-0.4, -0.2) is 42.5 Å². The predicted octanol–water partition coefficient (Wildman–Crippen LogP) is 3.78. The van der Waals surface area contributed by atoms with Crippen LogP contribution in [0.25, 0.3) is 0 Å². The molecule has 4 bridgehead atoms. The molecule has 4 saturated carbocycles. The molecular weight excluding hydrogens is 376 g/mol. The molecule has 1 saturated heterocycles. The van der Waals surface area contributed by atoms with E-state index < -0.39 is 0 Å². The van der Waals surface area contributed by atoms with E-state index in [1.165, 1.54) is 19.3 Å². The SMILES string of the molecule is O=C(CCOc1ccccc1)N1CCC(NC(=O)C23CC4CC(CC(C4)C2)C3)CC1. The van der Waals surface area contributed by atoms with Crippen LogP contribution >= 0.6 is 0 Å². The first kappa shape index (κ1) is 19.9. The number of hydrogen-bond donors (Lipinski definition) is 1. The summed E-state index contributed by atoms with van der Waals surface area (Å²) >= 11 is 0. The second-order valence-corrected chi connectivity index (χ2v) is 10.2. The normalized spacial score (nSPS) is 32.8. The molecule has 1 heterocycles. The standard InChI is InChI=1S/C25H34N2O3/c28-23(8-11-30-22-4-2-1-3-5-22)27-9-6-21(7-10-27)26-24(29)25-15-18-12-19(16-25)14-20(13-18)17-25/h1-5,18-21H,6-17H2,(H,26,29). The quantitative estimate of drug-likeness (QED) is 0.776. The first-order valence-corrected chi connectivity index (χ1v) is 11.9. The summed E-state index contributed by atoms with van der Waals surface area (Å²) in [6, 6.07) is 9.84. The number of nitrogens with one attached hydrogen (secondary N) is 1. The molecule has 5 nitrogen and oxygen atoms in total. The fourth-order valence-electron chi connectivity index (χ4n) is 6.93. The lowest BCUT2D eigenvalue weighted by molar-refractivity contribution is -0.147. The van der Waals surface area contributed by atoms with Gasteiger partial charge in [-0.3, -0.25) is 9.59 Å². The minimum atomic E-state index is -0.0729. The van der Waals surface area contributed by atoms with Gasteiger partial charge in [0, 0.05) is 24.5 Å². The zero-order valence-electron chi connectivity index (χ0n) is 17.9. The summed E-state index contributed by atoms with van der Waals surface area (Å²) < 4.78 is 5.65. The van der Waals surface area contributed by atoms with E-state index in [2.05, 4.69) is 5.32 Å². The number of para-hydroxylation sites is 1. The number of piperidine rings is 1. The van der Waals surface area contributed by atoms with E-state index in [1.54, 1.807) is 0 Å². The first-order valence-electron chi connectivity index (χ1n) is 11.9. The highest BCUT2D eigenvalue weighted by atomic mass is 16.5. The van der Waals surface area contributed by atoms with E-state index in [4.69, 9.17) is 4.74 Å². The lowest BCUT2D eigenvalue weighted by Gasteiger charge is -2.56. The number of nitrogens with zero attached hydrogens (tertiary/aromatic N) is 1. The highest BCUT2D eigenvalue weighted by Crippen LogP contribution is 2.60. The maximum atomic E-state index is 13.2. The minimum Gasteiger partial charge on any atom is -0.493 e. The summed E-state index contributed by atoms with van der Waals surface area (Å²) in [5.74, 6) is 3.65. The van der Waals surface area contributed by atoms with Gasteiger partial charge in [-0.2, -0.15) is 0 Å². The Morgan fingerprint density at radius 3 is 2.17 bits per heavy atom. The molecule has 2 amide bonds. The van der Waals surface area contributed by atoms with E-state index in [-0.39, 0.29) is 17.4 Å². The van der Waals surface area contributed by atoms with Crippen molar-refractivity contribution in [3.63, 3.8) is 0 Å². The van der Waals surface area contributed by atoms with Gasteiger partial charge in [0.2, 0.25) is 11.8 Å². The van der Waals surface area contributed by atoms with Gasteiger partial charge in [0.05, 0.1) is 13.0 Å². The monoisotopic (exact) mass is 410 g/mol. The van der Waals surface area contributed by atoms with Crippen molar-refractivity contribution in [1.29, 1.82) is 0 Å². The van der Waals surface area contributed by atoms with Crippen LogP contribution in [0.3, 0.4) is 0 Å². The molecule has 1 aromatic rings. The van der Waals surface area contributed by atoms with Crippen molar-refractivity contribution in [3.05, 3.63) is 30.3 Å². The number of carbonyl (C=O) groups is 2. The van der Waals surface area contributed by atoms with Crippen LogP contribution in [0.15, 0.2) is 30.3 Å². The molecule has 0 atom stereocenters. The van der Waals surface area contributed by atoms with Crippen molar-refractivity contribution in [2.24, 2.45) is 23.2 Å². The molecule has 0 radical (unpaired) electrons. The summed E-state index contributed by atoms with van der Waals surface area (Å²) in [6.45, 7) is 1.87. The molecule has 1 aliphatic heterocycles. The van der Waals surface area contributed by atoms with Gasteiger partial charge < -0.3 is 15.0 Å². The lowest BCUT2D eigenvalue weighted by atomic mass is 9.49. The largest absolute Gasteiger partial charge is 0.493 e. The van der Waals surface area contributed by atoms with Crippen LogP contribution in [0.1, 0.15) is 57.8 Å². The molecule has 1 N–H and O–H groups in total. The van der Waals surface area contributed by atoms with Crippen LogP contribution in [0, 0.1) is 23.2 Å². The van der Waals surface area contributed by atoms with Gasteiger partial charge in [-0.1, -0.05) is 18.2 Å². The van der Waals surface area contributed by atoms with E-state index in [1.807, 2.05) is 35.2 Å². The summed E-state index contributed by atoms with van der Waals surface area (Å²) in [7, 11) is 0. The predicted molar refractivity (Wildman–Crippen MR) is 115 cm³/mol. The highest BCUT2D eigenvalue weighted by Gasteiger charge is 2.54. The molecule has 5 heteroatoms. The second-order valence-electron chi connectivity index (χ2n) is 10.2. The zero-order chi connectivity index (χ0) is 20.6. The van der Waals surface area contributed by atoms with Crippen molar-refractivity contribution in [2.45, 2.75) is 63.8 Å². The van der Waals surface area contributed by atoms with Gasteiger partial charge in [0.25, 0.3) is 0 Å². The Hall–Kier alpha value is -2.04. The summed E-state index contributed by atoms with van der Waals surface area (Å²) in [5, 5.41) is 3.40. The average Bonchev–Trinajstić information content (AvgIpc) is 2.74. The molecule has 1 aromatic carbocycles. The molecule has 162 valence electrons. The maximum absolute atomic E-state index is 13.2. The number of carbonyl (C=O) groups excluding carboxylic acids is 2. The van der Waals surface area contributed by atoms with Gasteiger partial charge in [0.1, 0.15) is 5.75 Å². The molecule has 4 aliphatic carbocycles. The number of rotatable bonds is 6. The third-order valence-corrected chi connectivity index (χ3v) is 8.03. The highest BCUT2D eigenvalue weighted by molar-refractivity contribution is 5.83. The molecular formula is C25H34N2O3. The van der Waals surface area contributed by atoms with E-state index in [0.717, 1.165) is 68.7 Å². The van der Waals surface area contributed by atoms with Gasteiger partial charge in [-0.05, 0) is 81.3 Å². The Labute approximate surface area is 179 Å². The fraction of sp³-hybridized carbons (Fsp3) is 0.680. The van der Waals surface area contributed by atoms with Crippen LogP contribution in [-0.2, 0) is 9.59 Å². The number of hydrogen-bond acceptors (Lipinski definition) is 3. The fourth-order valence-corrected chi connectivity index (χ4v) is 6.93. The Kier molecular flexibility index (Phi) is 5.46. The molecule has 0 unspecified atom stereocenters. The molecule has 0 spiro atoms. The van der Waals surface area contributed by atoms with Crippen molar-refractivity contribution in [1.82, 2.24) is 10.2 Å². The molecule has 0 aromatic heterocycles. The maximum Gasteiger partial charge on any atom is 0.226 e. The number of likely N-dealkylation sites (tertiary alicyclic amines) is 1. The van der Waals surface area contributed by atoms with Crippen LogP contribution in [0.2, 0.25) is 0 Å². The average molecular weight is 411 g/mol. The molecule has 5 aliphatic rings. The zero-order valence-corrected chi connectivity index (χ0v) is 17.9.